The summed E-state index contributed by atoms with van der Waals surface area (Å²) in [6.45, 7) is 4.09. The summed E-state index contributed by atoms with van der Waals surface area (Å²) < 4.78 is 12.8. The maximum absolute atomic E-state index is 12.8. The van der Waals surface area contributed by atoms with E-state index in [1.807, 2.05) is 19.1 Å². The second-order valence-corrected chi connectivity index (χ2v) is 4.29. The minimum Gasteiger partial charge on any atom is -0.302 e. The van der Waals surface area contributed by atoms with Gasteiger partial charge in [0.25, 0.3) is 0 Å². The molecule has 1 N–H and O–H groups in total. The first-order valence-corrected chi connectivity index (χ1v) is 5.94. The number of hydrogen-bond donors (Lipinski definition) is 1. The van der Waals surface area contributed by atoms with Crippen molar-refractivity contribution in [3.63, 3.8) is 0 Å². The molecule has 0 aliphatic heterocycles. The Labute approximate surface area is 106 Å². The largest absolute Gasteiger partial charge is 0.302 e. The first-order chi connectivity index (χ1) is 8.66. The van der Waals surface area contributed by atoms with Crippen LogP contribution in [0.3, 0.4) is 0 Å². The van der Waals surface area contributed by atoms with Gasteiger partial charge < -0.3 is 5.32 Å². The number of nitrogens with one attached hydrogen (secondary N) is 1. The Bertz CT molecular complexity index is 484. The monoisotopic (exact) mass is 245 g/mol. The molecule has 2 rings (SSSR count). The average molecular weight is 245 g/mol. The van der Waals surface area contributed by atoms with Crippen molar-refractivity contribution >= 4 is 0 Å². The topological polar surface area (TPSA) is 37.8 Å². The Morgan fingerprint density at radius 3 is 2.39 bits per heavy atom. The molecule has 0 aliphatic rings. The molecule has 4 heteroatoms. The molecular weight excluding hydrogens is 229 g/mol. The van der Waals surface area contributed by atoms with Gasteiger partial charge in [-0.1, -0.05) is 0 Å². The van der Waals surface area contributed by atoms with Crippen molar-refractivity contribution in [3.8, 4) is 0 Å². The van der Waals surface area contributed by atoms with E-state index in [2.05, 4.69) is 22.2 Å². The van der Waals surface area contributed by atoms with Gasteiger partial charge in [-0.3, -0.25) is 9.97 Å². The molecule has 2 unspecified atom stereocenters. The third-order valence-corrected chi connectivity index (χ3v) is 2.90. The summed E-state index contributed by atoms with van der Waals surface area (Å²) in [4.78, 5) is 8.07. The lowest BCUT2D eigenvalue weighted by atomic mass is 10.1. The molecule has 0 saturated heterocycles. The van der Waals surface area contributed by atoms with Crippen LogP contribution < -0.4 is 5.32 Å². The fraction of sp³-hybridized carbons (Fsp3) is 0.286. The lowest BCUT2D eigenvalue weighted by Gasteiger charge is -2.19. The van der Waals surface area contributed by atoms with E-state index in [0.29, 0.717) is 0 Å². The third kappa shape index (κ3) is 3.11. The number of halogens is 1. The molecule has 94 valence electrons. The number of pyridine rings is 2. The van der Waals surface area contributed by atoms with Crippen molar-refractivity contribution in [2.75, 3.05) is 0 Å². The lowest BCUT2D eigenvalue weighted by Crippen LogP contribution is -2.23. The SMILES string of the molecule is CC(NC(C)c1ccc(F)cn1)c1ccncc1. The summed E-state index contributed by atoms with van der Waals surface area (Å²) in [6.07, 6.45) is 4.78. The highest BCUT2D eigenvalue weighted by Crippen LogP contribution is 2.17. The van der Waals surface area contributed by atoms with E-state index < -0.39 is 0 Å². The molecule has 2 aromatic rings. The zero-order valence-corrected chi connectivity index (χ0v) is 10.5. The molecule has 2 atom stereocenters. The van der Waals surface area contributed by atoms with Crippen molar-refractivity contribution in [1.29, 1.82) is 0 Å². The highest BCUT2D eigenvalue weighted by Gasteiger charge is 2.11. The number of hydrogen-bond acceptors (Lipinski definition) is 3. The van der Waals surface area contributed by atoms with E-state index in [1.54, 1.807) is 18.5 Å². The van der Waals surface area contributed by atoms with Gasteiger partial charge in [-0.25, -0.2) is 4.39 Å². The van der Waals surface area contributed by atoms with Gasteiger partial charge >= 0.3 is 0 Å². The van der Waals surface area contributed by atoms with E-state index in [4.69, 9.17) is 0 Å². The number of aromatic nitrogens is 2. The molecule has 3 nitrogen and oxygen atoms in total. The van der Waals surface area contributed by atoms with Crippen LogP contribution >= 0.6 is 0 Å². The highest BCUT2D eigenvalue weighted by molar-refractivity contribution is 5.16. The summed E-state index contributed by atoms with van der Waals surface area (Å²) in [5.74, 6) is -0.312. The van der Waals surface area contributed by atoms with Crippen LogP contribution in [0.5, 0.6) is 0 Å². The van der Waals surface area contributed by atoms with Crippen molar-refractivity contribution in [1.82, 2.24) is 15.3 Å². The van der Waals surface area contributed by atoms with Crippen LogP contribution in [0, 0.1) is 5.82 Å². The van der Waals surface area contributed by atoms with Crippen molar-refractivity contribution in [3.05, 3.63) is 59.9 Å². The van der Waals surface area contributed by atoms with Crippen LogP contribution in [-0.4, -0.2) is 9.97 Å². The smallest absolute Gasteiger partial charge is 0.141 e. The summed E-state index contributed by atoms with van der Waals surface area (Å²) in [7, 11) is 0. The second-order valence-electron chi connectivity index (χ2n) is 4.29. The standard InChI is InChI=1S/C14H16FN3/c1-10(12-5-7-16-8-6-12)18-11(2)14-4-3-13(15)9-17-14/h3-11,18H,1-2H3. The van der Waals surface area contributed by atoms with Crippen molar-refractivity contribution < 1.29 is 4.39 Å². The number of nitrogens with zero attached hydrogens (tertiary/aromatic N) is 2. The van der Waals surface area contributed by atoms with Gasteiger partial charge in [0.2, 0.25) is 0 Å². The second kappa shape index (κ2) is 5.69. The summed E-state index contributed by atoms with van der Waals surface area (Å²) in [6, 6.07) is 7.33. The first-order valence-electron chi connectivity index (χ1n) is 5.94. The predicted molar refractivity (Wildman–Crippen MR) is 68.4 cm³/mol. The molecule has 18 heavy (non-hydrogen) atoms. The predicted octanol–water partition coefficient (Wildman–Crippen LogP) is 3.03. The summed E-state index contributed by atoms with van der Waals surface area (Å²) in [5.41, 5.74) is 2.00. The van der Waals surface area contributed by atoms with Gasteiger partial charge in [0, 0.05) is 24.5 Å². The van der Waals surface area contributed by atoms with Gasteiger partial charge in [0.1, 0.15) is 5.82 Å². The van der Waals surface area contributed by atoms with Gasteiger partial charge in [-0.05, 0) is 43.7 Å². The van der Waals surface area contributed by atoms with Crippen LogP contribution in [-0.2, 0) is 0 Å². The highest BCUT2D eigenvalue weighted by atomic mass is 19.1. The normalized spacial score (nSPS) is 14.2. The molecule has 2 heterocycles. The molecule has 0 radical (unpaired) electrons. The number of rotatable bonds is 4. The lowest BCUT2D eigenvalue weighted by molar-refractivity contribution is 0.484. The molecule has 0 saturated carbocycles. The zero-order valence-electron chi connectivity index (χ0n) is 10.5. The maximum Gasteiger partial charge on any atom is 0.141 e. The van der Waals surface area contributed by atoms with E-state index in [0.717, 1.165) is 5.69 Å². The van der Waals surface area contributed by atoms with Crippen molar-refractivity contribution in [2.45, 2.75) is 25.9 Å². The van der Waals surface area contributed by atoms with Crippen LogP contribution in [0.25, 0.3) is 0 Å². The molecule has 0 bridgehead atoms. The minimum absolute atomic E-state index is 0.0637. The Hall–Kier alpha value is -1.81. The molecule has 0 aromatic carbocycles. The summed E-state index contributed by atoms with van der Waals surface area (Å²) >= 11 is 0. The Morgan fingerprint density at radius 1 is 1.06 bits per heavy atom. The van der Waals surface area contributed by atoms with Crippen LogP contribution in [0.15, 0.2) is 42.9 Å². The Morgan fingerprint density at radius 2 is 1.78 bits per heavy atom. The molecule has 0 amide bonds. The van der Waals surface area contributed by atoms with Crippen LogP contribution in [0.2, 0.25) is 0 Å². The molecule has 2 aromatic heterocycles. The van der Waals surface area contributed by atoms with Crippen LogP contribution in [0.1, 0.15) is 37.2 Å². The fourth-order valence-corrected chi connectivity index (χ4v) is 1.85. The van der Waals surface area contributed by atoms with Gasteiger partial charge in [-0.15, -0.1) is 0 Å². The first kappa shape index (κ1) is 12.6. The zero-order chi connectivity index (χ0) is 13.0. The molecule has 0 fully saturated rings. The van der Waals surface area contributed by atoms with Crippen LogP contribution in [0.4, 0.5) is 4.39 Å². The fourth-order valence-electron chi connectivity index (χ4n) is 1.85. The third-order valence-electron chi connectivity index (χ3n) is 2.90. The molecular formula is C14H16FN3. The molecule has 0 aliphatic carbocycles. The van der Waals surface area contributed by atoms with E-state index in [-0.39, 0.29) is 17.9 Å². The maximum atomic E-state index is 12.8. The van der Waals surface area contributed by atoms with E-state index >= 15 is 0 Å². The molecule has 0 spiro atoms. The van der Waals surface area contributed by atoms with Gasteiger partial charge in [0.15, 0.2) is 0 Å². The van der Waals surface area contributed by atoms with Gasteiger partial charge in [0.05, 0.1) is 11.9 Å². The van der Waals surface area contributed by atoms with E-state index in [9.17, 15) is 4.39 Å². The van der Waals surface area contributed by atoms with E-state index in [1.165, 1.54) is 17.8 Å². The summed E-state index contributed by atoms with van der Waals surface area (Å²) in [5, 5.41) is 3.42. The Kier molecular flexibility index (Phi) is 3.99. The quantitative estimate of drug-likeness (QED) is 0.899. The van der Waals surface area contributed by atoms with Gasteiger partial charge in [-0.2, -0.15) is 0 Å². The van der Waals surface area contributed by atoms with Crippen molar-refractivity contribution in [2.24, 2.45) is 0 Å². The minimum atomic E-state index is -0.312. The Balaban J connectivity index is 2.03. The average Bonchev–Trinajstić information content (AvgIpc) is 2.40.